The van der Waals surface area contributed by atoms with Gasteiger partial charge < -0.3 is 14.8 Å². The summed E-state index contributed by atoms with van der Waals surface area (Å²) >= 11 is 0. The lowest BCUT2D eigenvalue weighted by Gasteiger charge is -1.96. The van der Waals surface area contributed by atoms with Crippen LogP contribution in [0.5, 0.6) is 5.75 Å². The van der Waals surface area contributed by atoms with E-state index in [0.717, 1.165) is 0 Å². The van der Waals surface area contributed by atoms with Crippen molar-refractivity contribution in [3.63, 3.8) is 0 Å². The quantitative estimate of drug-likeness (QED) is 0.815. The fourth-order valence-corrected chi connectivity index (χ4v) is 1.41. The first-order valence-corrected chi connectivity index (χ1v) is 4.98. The van der Waals surface area contributed by atoms with Crippen LogP contribution in [0.3, 0.4) is 0 Å². The Morgan fingerprint density at radius 3 is 3.12 bits per heavy atom. The number of phenolic OH excluding ortho intramolecular Hbond substituents is 1. The van der Waals surface area contributed by atoms with Crippen LogP contribution in [0.25, 0.3) is 11.1 Å². The number of oxazole rings is 1. The number of nitrogens with one attached hydrogen (secondary N) is 1. The van der Waals surface area contributed by atoms with Gasteiger partial charge in [0.25, 0.3) is 0 Å². The lowest BCUT2D eigenvalue weighted by molar-refractivity contribution is -0.118. The Hall–Kier alpha value is -2.04. The van der Waals surface area contributed by atoms with Crippen LogP contribution in [0.15, 0.2) is 22.6 Å². The lowest BCUT2D eigenvalue weighted by Crippen LogP contribution is -2.22. The fraction of sp³-hybridized carbons (Fsp3) is 0.273. The summed E-state index contributed by atoms with van der Waals surface area (Å²) in [5, 5.41) is 11.9. The number of aromatic nitrogens is 1. The van der Waals surface area contributed by atoms with Crippen molar-refractivity contribution in [1.29, 1.82) is 0 Å². The molecular weight excluding hydrogens is 208 g/mol. The topological polar surface area (TPSA) is 75.4 Å². The van der Waals surface area contributed by atoms with E-state index in [-0.39, 0.29) is 11.7 Å². The molecule has 1 amide bonds. The van der Waals surface area contributed by atoms with Gasteiger partial charge in [-0.1, -0.05) is 0 Å². The van der Waals surface area contributed by atoms with Crippen LogP contribution < -0.4 is 5.32 Å². The van der Waals surface area contributed by atoms with E-state index in [4.69, 9.17) is 4.42 Å². The molecule has 0 aliphatic rings. The van der Waals surface area contributed by atoms with Crippen LogP contribution in [0.4, 0.5) is 0 Å². The first-order chi connectivity index (χ1) is 7.65. The lowest BCUT2D eigenvalue weighted by atomic mass is 10.3. The Morgan fingerprint density at radius 2 is 2.38 bits per heavy atom. The number of carbonyl (C=O) groups excluding carboxylic acids is 1. The molecule has 0 fully saturated rings. The van der Waals surface area contributed by atoms with E-state index in [0.29, 0.717) is 30.0 Å². The molecule has 5 nitrogen and oxygen atoms in total. The normalized spacial score (nSPS) is 10.6. The van der Waals surface area contributed by atoms with E-state index in [1.165, 1.54) is 13.0 Å². The summed E-state index contributed by atoms with van der Waals surface area (Å²) in [6, 6.07) is 4.77. The second kappa shape index (κ2) is 4.22. The predicted molar refractivity (Wildman–Crippen MR) is 58.1 cm³/mol. The van der Waals surface area contributed by atoms with Crippen LogP contribution in [0.1, 0.15) is 12.8 Å². The summed E-state index contributed by atoms with van der Waals surface area (Å²) in [6.07, 6.45) is 0.537. The highest BCUT2D eigenvalue weighted by molar-refractivity contribution is 5.74. The van der Waals surface area contributed by atoms with E-state index in [2.05, 4.69) is 10.3 Å². The van der Waals surface area contributed by atoms with Crippen molar-refractivity contribution in [3.8, 4) is 5.75 Å². The summed E-state index contributed by atoms with van der Waals surface area (Å²) in [6.45, 7) is 1.96. The molecule has 0 bridgehead atoms. The van der Waals surface area contributed by atoms with Crippen molar-refractivity contribution in [2.24, 2.45) is 0 Å². The summed E-state index contributed by atoms with van der Waals surface area (Å²) in [5.41, 5.74) is 1.26. The molecule has 0 aliphatic heterocycles. The summed E-state index contributed by atoms with van der Waals surface area (Å²) in [4.78, 5) is 14.9. The molecule has 0 unspecified atom stereocenters. The van der Waals surface area contributed by atoms with E-state index in [1.54, 1.807) is 12.1 Å². The first-order valence-electron chi connectivity index (χ1n) is 4.98. The van der Waals surface area contributed by atoms with Gasteiger partial charge in [0.05, 0.1) is 0 Å². The van der Waals surface area contributed by atoms with Crippen LogP contribution in [0, 0.1) is 0 Å². The largest absolute Gasteiger partial charge is 0.508 e. The average Bonchev–Trinajstić information content (AvgIpc) is 2.58. The maximum atomic E-state index is 10.7. The van der Waals surface area contributed by atoms with Gasteiger partial charge >= 0.3 is 0 Å². The Balaban J connectivity index is 2.10. The molecule has 2 rings (SSSR count). The molecule has 1 aromatic heterocycles. The Bertz CT molecular complexity index is 519. The molecule has 2 aromatic rings. The SMILES string of the molecule is CC(=O)NCCc1nc2ccc(O)cc2o1. The molecule has 0 atom stereocenters. The van der Waals surface area contributed by atoms with Gasteiger partial charge in [-0.15, -0.1) is 0 Å². The molecular formula is C11H12N2O3. The maximum Gasteiger partial charge on any atom is 0.216 e. The Kier molecular flexibility index (Phi) is 2.76. The molecule has 1 heterocycles. The van der Waals surface area contributed by atoms with Crippen molar-refractivity contribution < 1.29 is 14.3 Å². The van der Waals surface area contributed by atoms with Crippen LogP contribution >= 0.6 is 0 Å². The standard InChI is InChI=1S/C11H12N2O3/c1-7(14)12-5-4-11-13-9-3-2-8(15)6-10(9)16-11/h2-3,6,15H,4-5H2,1H3,(H,12,14). The second-order valence-corrected chi connectivity index (χ2v) is 3.49. The highest BCUT2D eigenvalue weighted by Gasteiger charge is 2.06. The number of aromatic hydroxyl groups is 1. The number of nitrogens with zero attached hydrogens (tertiary/aromatic N) is 1. The molecule has 0 radical (unpaired) electrons. The summed E-state index contributed by atoms with van der Waals surface area (Å²) < 4.78 is 5.41. The van der Waals surface area contributed by atoms with Gasteiger partial charge in [-0.05, 0) is 12.1 Å². The van der Waals surface area contributed by atoms with Crippen molar-refractivity contribution in [2.75, 3.05) is 6.54 Å². The van der Waals surface area contributed by atoms with Gasteiger partial charge in [0.2, 0.25) is 5.91 Å². The molecule has 1 aromatic carbocycles. The number of amides is 1. The van der Waals surface area contributed by atoms with Gasteiger partial charge in [-0.2, -0.15) is 0 Å². The number of phenols is 1. The third kappa shape index (κ3) is 2.31. The van der Waals surface area contributed by atoms with E-state index in [9.17, 15) is 9.90 Å². The molecule has 16 heavy (non-hydrogen) atoms. The van der Waals surface area contributed by atoms with Crippen molar-refractivity contribution >= 4 is 17.0 Å². The minimum atomic E-state index is -0.0752. The number of rotatable bonds is 3. The number of benzene rings is 1. The third-order valence-electron chi connectivity index (χ3n) is 2.13. The molecule has 5 heteroatoms. The van der Waals surface area contributed by atoms with Crippen molar-refractivity contribution in [2.45, 2.75) is 13.3 Å². The van der Waals surface area contributed by atoms with Gasteiger partial charge in [0.15, 0.2) is 11.5 Å². The highest BCUT2D eigenvalue weighted by atomic mass is 16.3. The minimum Gasteiger partial charge on any atom is -0.508 e. The van der Waals surface area contributed by atoms with Gasteiger partial charge in [0.1, 0.15) is 11.3 Å². The van der Waals surface area contributed by atoms with Gasteiger partial charge in [0, 0.05) is 26.0 Å². The van der Waals surface area contributed by atoms with Gasteiger partial charge in [-0.3, -0.25) is 4.79 Å². The van der Waals surface area contributed by atoms with E-state index >= 15 is 0 Å². The molecule has 0 aliphatic carbocycles. The number of carbonyl (C=O) groups is 1. The molecule has 2 N–H and O–H groups in total. The molecule has 84 valence electrons. The van der Waals surface area contributed by atoms with Crippen LogP contribution in [-0.4, -0.2) is 22.5 Å². The maximum absolute atomic E-state index is 10.7. The third-order valence-corrected chi connectivity index (χ3v) is 2.13. The van der Waals surface area contributed by atoms with Crippen molar-refractivity contribution in [1.82, 2.24) is 10.3 Å². The summed E-state index contributed by atoms with van der Waals surface area (Å²) in [5.74, 6) is 0.625. The fourth-order valence-electron chi connectivity index (χ4n) is 1.41. The average molecular weight is 220 g/mol. The van der Waals surface area contributed by atoms with E-state index < -0.39 is 0 Å². The zero-order chi connectivity index (χ0) is 11.5. The summed E-state index contributed by atoms with van der Waals surface area (Å²) in [7, 11) is 0. The molecule has 0 saturated carbocycles. The molecule has 0 spiro atoms. The zero-order valence-electron chi connectivity index (χ0n) is 8.86. The smallest absolute Gasteiger partial charge is 0.216 e. The minimum absolute atomic E-state index is 0.0752. The van der Waals surface area contributed by atoms with Crippen molar-refractivity contribution in [3.05, 3.63) is 24.1 Å². The monoisotopic (exact) mass is 220 g/mol. The Labute approximate surface area is 92.1 Å². The Morgan fingerprint density at radius 1 is 1.56 bits per heavy atom. The zero-order valence-corrected chi connectivity index (χ0v) is 8.86. The van der Waals surface area contributed by atoms with Crippen LogP contribution in [-0.2, 0) is 11.2 Å². The number of hydrogen-bond acceptors (Lipinski definition) is 4. The second-order valence-electron chi connectivity index (χ2n) is 3.49. The first kappa shape index (κ1) is 10.5. The van der Waals surface area contributed by atoms with E-state index in [1.807, 2.05) is 0 Å². The number of fused-ring (bicyclic) bond motifs is 1. The van der Waals surface area contributed by atoms with Crippen LogP contribution in [0.2, 0.25) is 0 Å². The molecule has 0 saturated heterocycles. The highest BCUT2D eigenvalue weighted by Crippen LogP contribution is 2.20. The number of hydrogen-bond donors (Lipinski definition) is 2. The predicted octanol–water partition coefficient (Wildman–Crippen LogP) is 1.21. The van der Waals surface area contributed by atoms with Gasteiger partial charge in [-0.25, -0.2) is 4.98 Å².